The molecule has 0 aromatic heterocycles. The van der Waals surface area contributed by atoms with Crippen LogP contribution in [0.25, 0.3) is 0 Å². The van der Waals surface area contributed by atoms with Crippen LogP contribution < -0.4 is 11.1 Å². The van der Waals surface area contributed by atoms with Gasteiger partial charge in [-0.25, -0.2) is 4.39 Å². The molecule has 0 heterocycles. The van der Waals surface area contributed by atoms with Crippen molar-refractivity contribution in [1.29, 1.82) is 0 Å². The lowest BCUT2D eigenvalue weighted by Crippen LogP contribution is -2.39. The van der Waals surface area contributed by atoms with Crippen LogP contribution in [-0.2, 0) is 6.42 Å². The minimum absolute atomic E-state index is 0.0708. The number of nitrogens with two attached hydrogens (primary N) is 1. The van der Waals surface area contributed by atoms with Crippen LogP contribution in [0.3, 0.4) is 0 Å². The first-order valence-electron chi connectivity index (χ1n) is 6.61. The number of hydrogen-bond donors (Lipinski definition) is 3. The number of carbonyl (C=O) groups excluding carboxylic acids is 1. The molecule has 1 atom stereocenters. The van der Waals surface area contributed by atoms with Gasteiger partial charge < -0.3 is 16.2 Å². The molecule has 0 radical (unpaired) electrons. The standard InChI is InChI=1S/C16H17FN2O2/c17-12-6-7-15(18)14(9-12)16(21)19-13(10-20)8-11-4-2-1-3-5-11/h1-7,9,13,20H,8,10,18H2,(H,19,21)/t13-/m1/s1. The highest BCUT2D eigenvalue weighted by Gasteiger charge is 2.16. The van der Waals surface area contributed by atoms with E-state index >= 15 is 0 Å². The summed E-state index contributed by atoms with van der Waals surface area (Å²) in [5.74, 6) is -1.03. The Morgan fingerprint density at radius 1 is 1.24 bits per heavy atom. The molecule has 2 rings (SSSR count). The Hall–Kier alpha value is -2.40. The summed E-state index contributed by atoms with van der Waals surface area (Å²) in [5.41, 5.74) is 6.93. The van der Waals surface area contributed by atoms with Gasteiger partial charge in [-0.3, -0.25) is 4.79 Å². The number of carbonyl (C=O) groups is 1. The number of aliphatic hydroxyl groups excluding tert-OH is 1. The van der Waals surface area contributed by atoms with Crippen molar-refractivity contribution in [1.82, 2.24) is 5.32 Å². The number of aliphatic hydroxyl groups is 1. The Kier molecular flexibility index (Phi) is 4.90. The minimum atomic E-state index is -0.530. The lowest BCUT2D eigenvalue weighted by atomic mass is 10.1. The van der Waals surface area contributed by atoms with Gasteiger partial charge in [0.25, 0.3) is 5.91 Å². The average Bonchev–Trinajstić information content (AvgIpc) is 2.50. The van der Waals surface area contributed by atoms with Gasteiger partial charge >= 0.3 is 0 Å². The van der Waals surface area contributed by atoms with Gasteiger partial charge in [-0.05, 0) is 30.2 Å². The molecule has 2 aromatic carbocycles. The van der Waals surface area contributed by atoms with Gasteiger partial charge in [-0.2, -0.15) is 0 Å². The Bertz CT molecular complexity index is 617. The van der Waals surface area contributed by atoms with E-state index in [1.54, 1.807) is 0 Å². The lowest BCUT2D eigenvalue weighted by Gasteiger charge is -2.17. The molecule has 0 aliphatic carbocycles. The number of amides is 1. The highest BCUT2D eigenvalue weighted by Crippen LogP contribution is 2.13. The number of halogens is 1. The van der Waals surface area contributed by atoms with E-state index in [0.29, 0.717) is 6.42 Å². The van der Waals surface area contributed by atoms with Crippen LogP contribution >= 0.6 is 0 Å². The van der Waals surface area contributed by atoms with Crippen molar-refractivity contribution in [3.8, 4) is 0 Å². The molecule has 0 aliphatic rings. The summed E-state index contributed by atoms with van der Waals surface area (Å²) in [4.78, 5) is 12.1. The van der Waals surface area contributed by atoms with Crippen molar-refractivity contribution in [3.63, 3.8) is 0 Å². The molecule has 0 aliphatic heterocycles. The Morgan fingerprint density at radius 2 is 1.95 bits per heavy atom. The van der Waals surface area contributed by atoms with Gasteiger partial charge in [0, 0.05) is 5.69 Å². The van der Waals surface area contributed by atoms with Crippen LogP contribution in [0.15, 0.2) is 48.5 Å². The topological polar surface area (TPSA) is 75.4 Å². The predicted molar refractivity (Wildman–Crippen MR) is 79.3 cm³/mol. The van der Waals surface area contributed by atoms with Crippen LogP contribution in [0, 0.1) is 5.82 Å². The van der Waals surface area contributed by atoms with Gasteiger partial charge in [0.1, 0.15) is 5.82 Å². The number of rotatable bonds is 5. The molecule has 2 aromatic rings. The third-order valence-corrected chi connectivity index (χ3v) is 3.14. The molecular formula is C16H17FN2O2. The average molecular weight is 288 g/mol. The van der Waals surface area contributed by atoms with Gasteiger partial charge in [-0.15, -0.1) is 0 Å². The van der Waals surface area contributed by atoms with Crippen LogP contribution in [0.2, 0.25) is 0 Å². The molecule has 0 bridgehead atoms. The van der Waals surface area contributed by atoms with Crippen molar-refractivity contribution in [2.24, 2.45) is 0 Å². The lowest BCUT2D eigenvalue weighted by molar-refractivity contribution is 0.0917. The molecule has 4 N–H and O–H groups in total. The first kappa shape index (κ1) is 15.0. The van der Waals surface area contributed by atoms with Crippen molar-refractivity contribution >= 4 is 11.6 Å². The van der Waals surface area contributed by atoms with E-state index in [1.165, 1.54) is 12.1 Å². The minimum Gasteiger partial charge on any atom is -0.398 e. The van der Waals surface area contributed by atoms with E-state index in [9.17, 15) is 14.3 Å². The van der Waals surface area contributed by atoms with Crippen LogP contribution in [0.4, 0.5) is 10.1 Å². The quantitative estimate of drug-likeness (QED) is 0.734. The molecular weight excluding hydrogens is 271 g/mol. The molecule has 0 saturated carbocycles. The fourth-order valence-corrected chi connectivity index (χ4v) is 2.05. The SMILES string of the molecule is Nc1ccc(F)cc1C(=O)N[C@@H](CO)Cc1ccccc1. The molecule has 0 spiro atoms. The summed E-state index contributed by atoms with van der Waals surface area (Å²) in [7, 11) is 0. The highest BCUT2D eigenvalue weighted by atomic mass is 19.1. The largest absolute Gasteiger partial charge is 0.398 e. The van der Waals surface area contributed by atoms with Crippen LogP contribution in [0.1, 0.15) is 15.9 Å². The number of hydrogen-bond acceptors (Lipinski definition) is 3. The zero-order valence-electron chi connectivity index (χ0n) is 11.4. The number of benzene rings is 2. The van der Waals surface area contributed by atoms with Crippen molar-refractivity contribution in [2.45, 2.75) is 12.5 Å². The van der Waals surface area contributed by atoms with E-state index < -0.39 is 17.8 Å². The molecule has 110 valence electrons. The maximum atomic E-state index is 13.2. The molecule has 0 unspecified atom stereocenters. The molecule has 0 saturated heterocycles. The van der Waals surface area contributed by atoms with Crippen molar-refractivity contribution < 1.29 is 14.3 Å². The molecule has 21 heavy (non-hydrogen) atoms. The van der Waals surface area contributed by atoms with E-state index in [-0.39, 0.29) is 17.9 Å². The highest BCUT2D eigenvalue weighted by molar-refractivity contribution is 5.99. The molecule has 5 heteroatoms. The van der Waals surface area contributed by atoms with Gasteiger partial charge in [-0.1, -0.05) is 30.3 Å². The summed E-state index contributed by atoms with van der Waals surface area (Å²) in [6.45, 7) is -0.212. The van der Waals surface area contributed by atoms with E-state index in [4.69, 9.17) is 5.73 Å². The Balaban J connectivity index is 2.07. The second kappa shape index (κ2) is 6.85. The van der Waals surface area contributed by atoms with Crippen molar-refractivity contribution in [3.05, 3.63) is 65.5 Å². The summed E-state index contributed by atoms with van der Waals surface area (Å²) in [6.07, 6.45) is 0.484. The zero-order chi connectivity index (χ0) is 15.2. The predicted octanol–water partition coefficient (Wildman–Crippen LogP) is 1.74. The number of nitrogens with one attached hydrogen (secondary N) is 1. The maximum absolute atomic E-state index is 13.2. The van der Waals surface area contributed by atoms with Gasteiger partial charge in [0.15, 0.2) is 0 Å². The fraction of sp³-hybridized carbons (Fsp3) is 0.188. The summed E-state index contributed by atoms with van der Waals surface area (Å²) in [6, 6.07) is 12.6. The maximum Gasteiger partial charge on any atom is 0.253 e. The first-order valence-corrected chi connectivity index (χ1v) is 6.61. The molecule has 0 fully saturated rings. The Labute approximate surface area is 122 Å². The van der Waals surface area contributed by atoms with Crippen molar-refractivity contribution in [2.75, 3.05) is 12.3 Å². The third-order valence-electron chi connectivity index (χ3n) is 3.14. The van der Waals surface area contributed by atoms with E-state index in [2.05, 4.69) is 5.32 Å². The monoisotopic (exact) mass is 288 g/mol. The van der Waals surface area contributed by atoms with E-state index in [0.717, 1.165) is 11.6 Å². The second-order valence-electron chi connectivity index (χ2n) is 4.77. The second-order valence-corrected chi connectivity index (χ2v) is 4.77. The number of nitrogen functional groups attached to an aromatic ring is 1. The summed E-state index contributed by atoms with van der Waals surface area (Å²) < 4.78 is 13.2. The smallest absolute Gasteiger partial charge is 0.253 e. The molecule has 1 amide bonds. The molecule has 4 nitrogen and oxygen atoms in total. The van der Waals surface area contributed by atoms with Gasteiger partial charge in [0.05, 0.1) is 18.2 Å². The van der Waals surface area contributed by atoms with E-state index in [1.807, 2.05) is 30.3 Å². The normalized spacial score (nSPS) is 11.9. The zero-order valence-corrected chi connectivity index (χ0v) is 11.4. The summed E-state index contributed by atoms with van der Waals surface area (Å²) >= 11 is 0. The summed E-state index contributed by atoms with van der Waals surface area (Å²) in [5, 5.41) is 12.1. The van der Waals surface area contributed by atoms with Crippen LogP contribution in [-0.4, -0.2) is 23.7 Å². The Morgan fingerprint density at radius 3 is 2.62 bits per heavy atom. The first-order chi connectivity index (χ1) is 10.1. The third kappa shape index (κ3) is 4.03. The fourth-order valence-electron chi connectivity index (χ4n) is 2.05. The van der Waals surface area contributed by atoms with Crippen LogP contribution in [0.5, 0.6) is 0 Å². The van der Waals surface area contributed by atoms with Gasteiger partial charge in [0.2, 0.25) is 0 Å². The number of anilines is 1.